The minimum atomic E-state index is -2.83. The number of hydrogen-bond acceptors (Lipinski definition) is 6. The Balaban J connectivity index is 1.49. The standard InChI is InChI=1S/C17H20F2N4O2/c1-23-7-6-20-9-13(23)15-21-16(25-22-15)12-8-11(12)10-4-2-3-5-14(10)24-17(18)19/h2-5,11-13,17,20H,6-9H2,1H3. The second-order valence-corrected chi connectivity index (χ2v) is 6.56. The van der Waals surface area contributed by atoms with Gasteiger partial charge in [-0.2, -0.15) is 13.8 Å². The maximum atomic E-state index is 12.6. The molecule has 0 spiro atoms. The topological polar surface area (TPSA) is 63.4 Å². The number of rotatable bonds is 5. The molecular formula is C17H20F2N4O2. The van der Waals surface area contributed by atoms with E-state index in [0.717, 1.165) is 31.6 Å². The highest BCUT2D eigenvalue weighted by atomic mass is 19.3. The van der Waals surface area contributed by atoms with Gasteiger partial charge in [-0.25, -0.2) is 0 Å². The van der Waals surface area contributed by atoms with Crippen LogP contribution in [-0.4, -0.2) is 48.3 Å². The zero-order chi connectivity index (χ0) is 17.4. The molecule has 2 fully saturated rings. The number of halogens is 2. The van der Waals surface area contributed by atoms with Crippen LogP contribution in [0.4, 0.5) is 8.78 Å². The van der Waals surface area contributed by atoms with Crippen molar-refractivity contribution in [3.63, 3.8) is 0 Å². The summed E-state index contributed by atoms with van der Waals surface area (Å²) < 4.78 is 35.2. The number of para-hydroxylation sites is 1. The van der Waals surface area contributed by atoms with Gasteiger partial charge in [0.1, 0.15) is 5.75 Å². The fourth-order valence-electron chi connectivity index (χ4n) is 3.43. The summed E-state index contributed by atoms with van der Waals surface area (Å²) in [6, 6.07) is 7.00. The molecule has 1 aliphatic carbocycles. The van der Waals surface area contributed by atoms with Gasteiger partial charge in [0.05, 0.1) is 6.04 Å². The second-order valence-electron chi connectivity index (χ2n) is 6.56. The first-order valence-corrected chi connectivity index (χ1v) is 8.41. The van der Waals surface area contributed by atoms with Crippen LogP contribution in [0, 0.1) is 0 Å². The maximum Gasteiger partial charge on any atom is 0.387 e. The highest BCUT2D eigenvalue weighted by molar-refractivity contribution is 5.42. The van der Waals surface area contributed by atoms with Crippen molar-refractivity contribution in [3.05, 3.63) is 41.5 Å². The normalized spacial score (nSPS) is 26.8. The molecule has 3 atom stereocenters. The minimum absolute atomic E-state index is 0.0607. The molecule has 2 aliphatic rings. The quantitative estimate of drug-likeness (QED) is 0.894. The molecule has 1 saturated carbocycles. The Morgan fingerprint density at radius 1 is 1.32 bits per heavy atom. The predicted octanol–water partition coefficient (Wildman–Crippen LogP) is 2.52. The number of alkyl halides is 2. The predicted molar refractivity (Wildman–Crippen MR) is 85.7 cm³/mol. The average molecular weight is 350 g/mol. The molecule has 0 radical (unpaired) electrons. The molecule has 0 amide bonds. The molecule has 1 aliphatic heterocycles. The van der Waals surface area contributed by atoms with Gasteiger partial charge >= 0.3 is 6.61 Å². The van der Waals surface area contributed by atoms with Crippen LogP contribution in [0.2, 0.25) is 0 Å². The Labute approximate surface area is 144 Å². The summed E-state index contributed by atoms with van der Waals surface area (Å²) >= 11 is 0. The first-order chi connectivity index (χ1) is 12.1. The molecule has 25 heavy (non-hydrogen) atoms. The molecule has 1 aromatic carbocycles. The summed E-state index contributed by atoms with van der Waals surface area (Å²) in [6.45, 7) is -0.167. The smallest absolute Gasteiger partial charge is 0.387 e. The number of aromatic nitrogens is 2. The molecular weight excluding hydrogens is 330 g/mol. The van der Waals surface area contributed by atoms with Crippen LogP contribution < -0.4 is 10.1 Å². The fraction of sp³-hybridized carbons (Fsp3) is 0.529. The zero-order valence-electron chi connectivity index (χ0n) is 13.9. The van der Waals surface area contributed by atoms with Gasteiger partial charge in [0.15, 0.2) is 5.82 Å². The van der Waals surface area contributed by atoms with Crippen LogP contribution in [0.1, 0.15) is 41.6 Å². The van der Waals surface area contributed by atoms with E-state index in [0.29, 0.717) is 11.7 Å². The highest BCUT2D eigenvalue weighted by Gasteiger charge is 2.45. The minimum Gasteiger partial charge on any atom is -0.435 e. The lowest BCUT2D eigenvalue weighted by Gasteiger charge is -2.30. The lowest BCUT2D eigenvalue weighted by atomic mass is 10.1. The molecule has 1 saturated heterocycles. The molecule has 6 nitrogen and oxygen atoms in total. The molecule has 4 rings (SSSR count). The summed E-state index contributed by atoms with van der Waals surface area (Å²) in [5.41, 5.74) is 0.768. The van der Waals surface area contributed by atoms with Crippen LogP contribution in [-0.2, 0) is 0 Å². The summed E-state index contributed by atoms with van der Waals surface area (Å²) in [7, 11) is 2.04. The van der Waals surface area contributed by atoms with E-state index in [-0.39, 0.29) is 23.6 Å². The van der Waals surface area contributed by atoms with Crippen LogP contribution >= 0.6 is 0 Å². The zero-order valence-corrected chi connectivity index (χ0v) is 13.9. The van der Waals surface area contributed by atoms with E-state index in [1.807, 2.05) is 19.2 Å². The van der Waals surface area contributed by atoms with E-state index >= 15 is 0 Å². The fourth-order valence-corrected chi connectivity index (χ4v) is 3.43. The Bertz CT molecular complexity index is 739. The summed E-state index contributed by atoms with van der Waals surface area (Å²) in [4.78, 5) is 6.76. The van der Waals surface area contributed by atoms with Crippen molar-refractivity contribution < 1.29 is 18.0 Å². The van der Waals surface area contributed by atoms with Crippen LogP contribution in [0.5, 0.6) is 5.75 Å². The largest absolute Gasteiger partial charge is 0.435 e. The third-order valence-electron chi connectivity index (χ3n) is 4.91. The van der Waals surface area contributed by atoms with Gasteiger partial charge in [0, 0.05) is 25.6 Å². The van der Waals surface area contributed by atoms with E-state index in [4.69, 9.17) is 4.52 Å². The average Bonchev–Trinajstić information content (AvgIpc) is 3.24. The van der Waals surface area contributed by atoms with E-state index in [9.17, 15) is 8.78 Å². The van der Waals surface area contributed by atoms with Crippen LogP contribution in [0.25, 0.3) is 0 Å². The van der Waals surface area contributed by atoms with Crippen molar-refractivity contribution in [1.82, 2.24) is 20.4 Å². The van der Waals surface area contributed by atoms with E-state index < -0.39 is 6.61 Å². The van der Waals surface area contributed by atoms with Gasteiger partial charge in [0.25, 0.3) is 0 Å². The van der Waals surface area contributed by atoms with Crippen molar-refractivity contribution in [2.75, 3.05) is 26.7 Å². The second kappa shape index (κ2) is 6.68. The number of nitrogens with one attached hydrogen (secondary N) is 1. The number of ether oxygens (including phenoxy) is 1. The Kier molecular flexibility index (Phi) is 4.39. The number of hydrogen-bond donors (Lipinski definition) is 1. The van der Waals surface area contributed by atoms with Gasteiger partial charge in [0.2, 0.25) is 5.89 Å². The van der Waals surface area contributed by atoms with E-state index in [1.165, 1.54) is 0 Å². The summed E-state index contributed by atoms with van der Waals surface area (Å²) in [5, 5.41) is 7.46. The van der Waals surface area contributed by atoms with Gasteiger partial charge in [-0.1, -0.05) is 23.4 Å². The van der Waals surface area contributed by atoms with Crippen molar-refractivity contribution in [1.29, 1.82) is 0 Å². The molecule has 134 valence electrons. The Hall–Kier alpha value is -2.06. The number of benzene rings is 1. The van der Waals surface area contributed by atoms with Crippen molar-refractivity contribution in [3.8, 4) is 5.75 Å². The van der Waals surface area contributed by atoms with Crippen LogP contribution in [0.15, 0.2) is 28.8 Å². The summed E-state index contributed by atoms with van der Waals surface area (Å²) in [5.74, 6) is 1.61. The van der Waals surface area contributed by atoms with Gasteiger partial charge in [-0.3, -0.25) is 4.90 Å². The lowest BCUT2D eigenvalue weighted by molar-refractivity contribution is -0.0504. The molecule has 3 unspecified atom stereocenters. The third-order valence-corrected chi connectivity index (χ3v) is 4.91. The molecule has 0 bridgehead atoms. The monoisotopic (exact) mass is 350 g/mol. The SMILES string of the molecule is CN1CCNCC1c1noc(C2CC2c2ccccc2OC(F)F)n1. The Morgan fingerprint density at radius 3 is 2.96 bits per heavy atom. The maximum absolute atomic E-state index is 12.6. The number of piperazine rings is 1. The van der Waals surface area contributed by atoms with Crippen LogP contribution in [0.3, 0.4) is 0 Å². The molecule has 1 N–H and O–H groups in total. The summed E-state index contributed by atoms with van der Waals surface area (Å²) in [6.07, 6.45) is 0.796. The lowest BCUT2D eigenvalue weighted by Crippen LogP contribution is -2.44. The van der Waals surface area contributed by atoms with Gasteiger partial charge < -0.3 is 14.6 Å². The molecule has 8 heteroatoms. The van der Waals surface area contributed by atoms with Crippen molar-refractivity contribution in [2.45, 2.75) is 30.9 Å². The first-order valence-electron chi connectivity index (χ1n) is 8.41. The van der Waals surface area contributed by atoms with Crippen molar-refractivity contribution in [2.24, 2.45) is 0 Å². The first kappa shape index (κ1) is 16.4. The molecule has 1 aromatic heterocycles. The van der Waals surface area contributed by atoms with E-state index in [2.05, 4.69) is 25.1 Å². The van der Waals surface area contributed by atoms with E-state index in [1.54, 1.807) is 12.1 Å². The number of nitrogens with zero attached hydrogens (tertiary/aromatic N) is 3. The van der Waals surface area contributed by atoms with Crippen molar-refractivity contribution >= 4 is 0 Å². The molecule has 2 aromatic rings. The Morgan fingerprint density at radius 2 is 2.16 bits per heavy atom. The van der Waals surface area contributed by atoms with Gasteiger partial charge in [-0.15, -0.1) is 0 Å². The highest BCUT2D eigenvalue weighted by Crippen LogP contribution is 2.56. The third kappa shape index (κ3) is 3.36. The van der Waals surface area contributed by atoms with Gasteiger partial charge in [-0.05, 0) is 31.0 Å². The molecule has 2 heterocycles. The number of likely N-dealkylation sites (N-methyl/N-ethyl adjacent to an activating group) is 1.